The molecule has 0 aliphatic heterocycles. The smallest absolute Gasteiger partial charge is 0.270 e. The number of hydrogen-bond donors (Lipinski definition) is 0. The lowest BCUT2D eigenvalue weighted by molar-refractivity contribution is 0.0987. The predicted molar refractivity (Wildman–Crippen MR) is 108 cm³/mol. The van der Waals surface area contributed by atoms with Crippen LogP contribution in [0, 0.1) is 13.8 Å². The molecular weight excluding hydrogens is 388 g/mol. The van der Waals surface area contributed by atoms with Crippen molar-refractivity contribution in [3.8, 4) is 0 Å². The molecule has 1 aromatic carbocycles. The van der Waals surface area contributed by atoms with Crippen molar-refractivity contribution in [1.29, 1.82) is 0 Å². The lowest BCUT2D eigenvalue weighted by Crippen LogP contribution is -2.29. The quantitative estimate of drug-likeness (QED) is 0.416. The number of rotatable bonds is 4. The number of thiophene rings is 1. The highest BCUT2D eigenvalue weighted by Crippen LogP contribution is 2.34. The molecule has 3 aromatic heterocycles. The number of furan rings is 1. The Balaban J connectivity index is 1.79. The molecule has 0 radical (unpaired) electrons. The second-order valence-corrected chi connectivity index (χ2v) is 8.72. The van der Waals surface area contributed by atoms with E-state index in [0.29, 0.717) is 26.7 Å². The van der Waals surface area contributed by atoms with Crippen LogP contribution in [-0.4, -0.2) is 10.9 Å². The van der Waals surface area contributed by atoms with Gasteiger partial charge in [-0.3, -0.25) is 9.69 Å². The minimum Gasteiger partial charge on any atom is -0.467 e. The Bertz CT molecular complexity index is 1080. The van der Waals surface area contributed by atoms with Crippen LogP contribution in [0.5, 0.6) is 0 Å². The van der Waals surface area contributed by atoms with E-state index in [2.05, 4.69) is 19.1 Å². The Morgan fingerprint density at radius 3 is 2.77 bits per heavy atom. The third-order valence-electron chi connectivity index (χ3n) is 3.97. The van der Waals surface area contributed by atoms with Crippen molar-refractivity contribution >= 4 is 55.5 Å². The summed E-state index contributed by atoms with van der Waals surface area (Å²) < 4.78 is 7.11. The van der Waals surface area contributed by atoms with Gasteiger partial charge >= 0.3 is 0 Å². The normalized spacial score (nSPS) is 11.2. The maximum absolute atomic E-state index is 13.1. The Hall–Kier alpha value is -2.15. The zero-order valence-electron chi connectivity index (χ0n) is 14.2. The number of fused-ring (bicyclic) bond motifs is 1. The predicted octanol–water partition coefficient (Wildman–Crippen LogP) is 6.07. The highest BCUT2D eigenvalue weighted by atomic mass is 35.5. The maximum Gasteiger partial charge on any atom is 0.270 e. The Morgan fingerprint density at radius 1 is 1.23 bits per heavy atom. The van der Waals surface area contributed by atoms with Gasteiger partial charge in [0.2, 0.25) is 0 Å². The van der Waals surface area contributed by atoms with Gasteiger partial charge < -0.3 is 4.42 Å². The van der Waals surface area contributed by atoms with Crippen LogP contribution in [0.15, 0.2) is 47.1 Å². The SMILES string of the molecule is Cc1cc(C)c2nc(N(Cc3ccco3)C(=O)c3ccc(Cl)s3)sc2c1. The number of amides is 1. The summed E-state index contributed by atoms with van der Waals surface area (Å²) in [5.74, 6) is 0.569. The van der Waals surface area contributed by atoms with Crippen molar-refractivity contribution in [2.45, 2.75) is 20.4 Å². The van der Waals surface area contributed by atoms with Crippen molar-refractivity contribution in [2.75, 3.05) is 4.90 Å². The van der Waals surface area contributed by atoms with Gasteiger partial charge in [-0.25, -0.2) is 4.98 Å². The fourth-order valence-electron chi connectivity index (χ4n) is 2.82. The summed E-state index contributed by atoms with van der Waals surface area (Å²) in [6.07, 6.45) is 1.60. The summed E-state index contributed by atoms with van der Waals surface area (Å²) in [5, 5.41) is 0.652. The van der Waals surface area contributed by atoms with Crippen LogP contribution in [0.3, 0.4) is 0 Å². The maximum atomic E-state index is 13.1. The van der Waals surface area contributed by atoms with E-state index in [4.69, 9.17) is 21.0 Å². The first kappa shape index (κ1) is 17.3. The highest BCUT2D eigenvalue weighted by Gasteiger charge is 2.24. The molecule has 7 heteroatoms. The van der Waals surface area contributed by atoms with Crippen molar-refractivity contribution in [3.05, 3.63) is 68.8 Å². The van der Waals surface area contributed by atoms with Gasteiger partial charge in [0.05, 0.1) is 32.2 Å². The molecule has 0 aliphatic carbocycles. The van der Waals surface area contributed by atoms with E-state index in [1.165, 1.54) is 28.2 Å². The Labute approximate surface area is 163 Å². The summed E-state index contributed by atoms with van der Waals surface area (Å²) in [5.41, 5.74) is 3.21. The fraction of sp³-hybridized carbons (Fsp3) is 0.158. The topological polar surface area (TPSA) is 46.3 Å². The number of anilines is 1. The zero-order chi connectivity index (χ0) is 18.3. The number of aromatic nitrogens is 1. The average Bonchev–Trinajstić information content (AvgIpc) is 3.32. The first-order chi connectivity index (χ1) is 12.5. The number of aryl methyl sites for hydroxylation is 2. The van der Waals surface area contributed by atoms with Crippen molar-refractivity contribution in [1.82, 2.24) is 4.98 Å². The standard InChI is InChI=1S/C19H15ClN2O2S2/c1-11-8-12(2)17-15(9-11)26-19(21-17)22(10-13-4-3-7-24-13)18(23)14-5-6-16(20)25-14/h3-9H,10H2,1-2H3. The summed E-state index contributed by atoms with van der Waals surface area (Å²) >= 11 is 8.79. The number of thiazole rings is 1. The van der Waals surface area contributed by atoms with Gasteiger partial charge in [0, 0.05) is 0 Å². The number of hydrogen-bond acceptors (Lipinski definition) is 5. The molecular formula is C19H15ClN2O2S2. The van der Waals surface area contributed by atoms with Crippen molar-refractivity contribution < 1.29 is 9.21 Å². The van der Waals surface area contributed by atoms with Gasteiger partial charge in [-0.05, 0) is 55.3 Å². The zero-order valence-corrected chi connectivity index (χ0v) is 16.5. The third kappa shape index (κ3) is 3.28. The summed E-state index contributed by atoms with van der Waals surface area (Å²) in [7, 11) is 0. The summed E-state index contributed by atoms with van der Waals surface area (Å²) in [6.45, 7) is 4.42. The lowest BCUT2D eigenvalue weighted by Gasteiger charge is -2.17. The van der Waals surface area contributed by atoms with E-state index in [9.17, 15) is 4.79 Å². The first-order valence-electron chi connectivity index (χ1n) is 7.98. The molecule has 0 saturated carbocycles. The lowest BCUT2D eigenvalue weighted by atomic mass is 10.1. The molecule has 0 spiro atoms. The number of carbonyl (C=O) groups excluding carboxylic acids is 1. The van der Waals surface area contributed by atoms with Crippen molar-refractivity contribution in [2.24, 2.45) is 0 Å². The number of halogens is 1. The summed E-state index contributed by atoms with van der Waals surface area (Å²) in [6, 6.07) is 11.3. The minimum atomic E-state index is -0.133. The van der Waals surface area contributed by atoms with E-state index in [0.717, 1.165) is 15.8 Å². The molecule has 26 heavy (non-hydrogen) atoms. The van der Waals surface area contributed by atoms with Gasteiger partial charge in [0.25, 0.3) is 5.91 Å². The molecule has 0 fully saturated rings. The second kappa shape index (κ2) is 6.87. The van der Waals surface area contributed by atoms with Gasteiger partial charge in [-0.2, -0.15) is 0 Å². The van der Waals surface area contributed by atoms with Crippen LogP contribution in [0.4, 0.5) is 5.13 Å². The molecule has 1 amide bonds. The third-order valence-corrected chi connectivity index (χ3v) is 6.22. The molecule has 0 aliphatic rings. The molecule has 4 nitrogen and oxygen atoms in total. The fourth-order valence-corrected chi connectivity index (χ4v) is 4.95. The van der Waals surface area contributed by atoms with Gasteiger partial charge in [0.1, 0.15) is 5.76 Å². The molecule has 132 valence electrons. The summed E-state index contributed by atoms with van der Waals surface area (Å²) in [4.78, 5) is 20.1. The molecule has 3 heterocycles. The number of benzene rings is 1. The Kier molecular flexibility index (Phi) is 4.56. The van der Waals surface area contributed by atoms with Gasteiger partial charge in [-0.1, -0.05) is 29.0 Å². The first-order valence-corrected chi connectivity index (χ1v) is 10.00. The molecule has 4 rings (SSSR count). The number of carbonyl (C=O) groups is 1. The van der Waals surface area contributed by atoms with E-state index < -0.39 is 0 Å². The van der Waals surface area contributed by atoms with Crippen LogP contribution in [0.1, 0.15) is 26.6 Å². The molecule has 4 aromatic rings. The molecule has 0 unspecified atom stereocenters. The van der Waals surface area contributed by atoms with Crippen LogP contribution in [0.2, 0.25) is 4.34 Å². The van der Waals surface area contributed by atoms with E-state index in [1.807, 2.05) is 19.1 Å². The van der Waals surface area contributed by atoms with Crippen molar-refractivity contribution in [3.63, 3.8) is 0 Å². The highest BCUT2D eigenvalue weighted by molar-refractivity contribution is 7.22. The van der Waals surface area contributed by atoms with Crippen LogP contribution >= 0.6 is 34.3 Å². The van der Waals surface area contributed by atoms with Crippen LogP contribution < -0.4 is 4.90 Å². The van der Waals surface area contributed by atoms with E-state index >= 15 is 0 Å². The van der Waals surface area contributed by atoms with Gasteiger partial charge in [-0.15, -0.1) is 11.3 Å². The molecule has 0 bridgehead atoms. The molecule has 0 saturated heterocycles. The minimum absolute atomic E-state index is 0.133. The van der Waals surface area contributed by atoms with Gasteiger partial charge in [0.15, 0.2) is 5.13 Å². The molecule has 0 N–H and O–H groups in total. The average molecular weight is 403 g/mol. The van der Waals surface area contributed by atoms with Crippen LogP contribution in [-0.2, 0) is 6.54 Å². The largest absolute Gasteiger partial charge is 0.467 e. The monoisotopic (exact) mass is 402 g/mol. The van der Waals surface area contributed by atoms with E-state index in [-0.39, 0.29) is 5.91 Å². The van der Waals surface area contributed by atoms with E-state index in [1.54, 1.807) is 23.3 Å². The number of nitrogens with zero attached hydrogens (tertiary/aromatic N) is 2. The Morgan fingerprint density at radius 2 is 2.08 bits per heavy atom. The van der Waals surface area contributed by atoms with Crippen LogP contribution in [0.25, 0.3) is 10.2 Å². The second-order valence-electron chi connectivity index (χ2n) is 6.00. The molecule has 0 atom stereocenters.